The fourth-order valence-corrected chi connectivity index (χ4v) is 8.61. The molecular formula is C51H36B2O6. The van der Waals surface area contributed by atoms with Gasteiger partial charge in [0.05, 0.1) is 0 Å². The third kappa shape index (κ3) is 6.25. The number of para-hydroxylation sites is 3. The number of rotatable bonds is 4. The first-order chi connectivity index (χ1) is 28.9. The Morgan fingerprint density at radius 3 is 1.22 bits per heavy atom. The average molecular weight is 766 g/mol. The molecule has 0 radical (unpaired) electrons. The number of ether oxygens (including phenoxy) is 6. The predicted molar refractivity (Wildman–Crippen MR) is 236 cm³/mol. The largest absolute Gasteiger partial charge is 0.458 e. The maximum Gasteiger partial charge on any atom is 0.260 e. The molecule has 4 heterocycles. The van der Waals surface area contributed by atoms with Crippen LogP contribution in [0.5, 0.6) is 69.0 Å². The molecule has 282 valence electrons. The van der Waals surface area contributed by atoms with Crippen LogP contribution < -0.4 is 61.2 Å². The van der Waals surface area contributed by atoms with E-state index >= 15 is 0 Å². The molecule has 12 rings (SSSR count). The summed E-state index contributed by atoms with van der Waals surface area (Å²) in [5, 5.41) is 0. The molecule has 8 aromatic rings. The molecule has 0 spiro atoms. The smallest absolute Gasteiger partial charge is 0.260 e. The van der Waals surface area contributed by atoms with E-state index in [1.807, 2.05) is 97.1 Å². The molecule has 8 heteroatoms. The first-order valence-electron chi connectivity index (χ1n) is 19.9. The van der Waals surface area contributed by atoms with Crippen molar-refractivity contribution in [2.75, 3.05) is 0 Å². The Labute approximate surface area is 343 Å². The summed E-state index contributed by atoms with van der Waals surface area (Å²) in [7, 11) is 0. The van der Waals surface area contributed by atoms with Crippen LogP contribution >= 0.6 is 0 Å². The molecule has 6 nitrogen and oxygen atoms in total. The summed E-state index contributed by atoms with van der Waals surface area (Å²) < 4.78 is 37.5. The van der Waals surface area contributed by atoms with E-state index in [0.717, 1.165) is 84.9 Å². The first-order valence-corrected chi connectivity index (χ1v) is 19.9. The van der Waals surface area contributed by atoms with Gasteiger partial charge in [-0.2, -0.15) is 0 Å². The van der Waals surface area contributed by atoms with Crippen LogP contribution in [0.3, 0.4) is 0 Å². The Morgan fingerprint density at radius 1 is 0.305 bits per heavy atom. The van der Waals surface area contributed by atoms with Gasteiger partial charge in [-0.1, -0.05) is 91.0 Å². The minimum absolute atomic E-state index is 0.0757. The molecule has 0 bridgehead atoms. The molecule has 0 fully saturated rings. The zero-order valence-electron chi connectivity index (χ0n) is 32.7. The van der Waals surface area contributed by atoms with E-state index in [9.17, 15) is 0 Å². The van der Waals surface area contributed by atoms with Gasteiger partial charge in [0.25, 0.3) is 13.4 Å². The summed E-state index contributed by atoms with van der Waals surface area (Å²) >= 11 is 0. The van der Waals surface area contributed by atoms with Crippen molar-refractivity contribution < 1.29 is 28.4 Å². The fourth-order valence-electron chi connectivity index (χ4n) is 8.61. The summed E-state index contributed by atoms with van der Waals surface area (Å²) in [4.78, 5) is 0. The Hall–Kier alpha value is -7.31. The zero-order chi connectivity index (χ0) is 39.6. The lowest BCUT2D eigenvalue weighted by Gasteiger charge is -2.33. The number of hydrogen-bond acceptors (Lipinski definition) is 6. The van der Waals surface area contributed by atoms with E-state index in [0.29, 0.717) is 11.5 Å². The quantitative estimate of drug-likeness (QED) is 0.167. The third-order valence-electron chi connectivity index (χ3n) is 11.2. The minimum atomic E-state index is 0.0757. The Morgan fingerprint density at radius 2 is 0.712 bits per heavy atom. The molecule has 0 saturated heterocycles. The summed E-state index contributed by atoms with van der Waals surface area (Å²) in [6.07, 6.45) is 0. The van der Waals surface area contributed by atoms with Gasteiger partial charge in [-0.3, -0.25) is 0 Å². The van der Waals surface area contributed by atoms with Crippen molar-refractivity contribution in [1.29, 1.82) is 0 Å². The second-order valence-corrected chi connectivity index (χ2v) is 15.4. The lowest BCUT2D eigenvalue weighted by molar-refractivity contribution is 0.442. The maximum atomic E-state index is 6.39. The minimum Gasteiger partial charge on any atom is -0.458 e. The van der Waals surface area contributed by atoms with Gasteiger partial charge in [0.15, 0.2) is 0 Å². The molecule has 0 aliphatic carbocycles. The standard InChI is InChI=1S/C27H21BO3.C24H15BO3/c1-16-5-4-6-19(11-16)29-20-14-25-27-26(15-20)31-24-13-18(3)8-10-22(24)28(27)21-9-7-17(2)12-23(21)30-25;1-2-8-16(9-3-1)26-17-14-22-24-23(15-17)28-21-13-7-5-11-19(21)25(24)18-10-4-6-12-20(18)27-22/h4-15H,1-3H3;1-15H. The molecule has 0 unspecified atom stereocenters. The van der Waals surface area contributed by atoms with Gasteiger partial charge < -0.3 is 28.4 Å². The topological polar surface area (TPSA) is 55.4 Å². The average Bonchev–Trinajstić information content (AvgIpc) is 3.23. The summed E-state index contributed by atoms with van der Waals surface area (Å²) in [6, 6.07) is 54.9. The van der Waals surface area contributed by atoms with Gasteiger partial charge >= 0.3 is 0 Å². The molecule has 0 saturated carbocycles. The van der Waals surface area contributed by atoms with Crippen LogP contribution in [0.1, 0.15) is 16.7 Å². The van der Waals surface area contributed by atoms with Crippen molar-refractivity contribution in [3.05, 3.63) is 180 Å². The van der Waals surface area contributed by atoms with E-state index in [4.69, 9.17) is 28.4 Å². The van der Waals surface area contributed by atoms with Crippen molar-refractivity contribution in [1.82, 2.24) is 0 Å². The van der Waals surface area contributed by atoms with Crippen molar-refractivity contribution in [3.63, 3.8) is 0 Å². The van der Waals surface area contributed by atoms with Crippen LogP contribution in [0.2, 0.25) is 0 Å². The number of benzene rings is 8. The Kier molecular flexibility index (Phi) is 8.26. The van der Waals surface area contributed by atoms with E-state index in [2.05, 4.69) is 87.5 Å². The van der Waals surface area contributed by atoms with Gasteiger partial charge in [0.1, 0.15) is 69.0 Å². The second-order valence-electron chi connectivity index (χ2n) is 15.4. The van der Waals surface area contributed by atoms with Crippen molar-refractivity contribution in [3.8, 4) is 69.0 Å². The monoisotopic (exact) mass is 766 g/mol. The van der Waals surface area contributed by atoms with Crippen LogP contribution in [0.4, 0.5) is 0 Å². The van der Waals surface area contributed by atoms with Gasteiger partial charge in [0, 0.05) is 35.2 Å². The molecule has 0 atom stereocenters. The van der Waals surface area contributed by atoms with Crippen LogP contribution in [-0.4, -0.2) is 13.4 Å². The summed E-state index contributed by atoms with van der Waals surface area (Å²) in [5.74, 6) is 9.63. The molecule has 0 amide bonds. The normalized spacial score (nSPS) is 12.8. The predicted octanol–water partition coefficient (Wildman–Crippen LogP) is 9.34. The fraction of sp³-hybridized carbons (Fsp3) is 0.0588. The highest BCUT2D eigenvalue weighted by molar-refractivity contribution is 6.99. The van der Waals surface area contributed by atoms with E-state index in [-0.39, 0.29) is 13.4 Å². The van der Waals surface area contributed by atoms with E-state index < -0.39 is 0 Å². The van der Waals surface area contributed by atoms with Crippen molar-refractivity contribution in [2.45, 2.75) is 20.8 Å². The lowest BCUT2D eigenvalue weighted by atomic mass is 9.35. The van der Waals surface area contributed by atoms with E-state index in [1.165, 1.54) is 22.1 Å². The molecule has 0 N–H and O–H groups in total. The Balaban J connectivity index is 0.000000135. The second kappa shape index (κ2) is 14.0. The molecule has 8 aromatic carbocycles. The van der Waals surface area contributed by atoms with Gasteiger partial charge in [0.2, 0.25) is 0 Å². The molecule has 59 heavy (non-hydrogen) atoms. The molecule has 4 aliphatic heterocycles. The van der Waals surface area contributed by atoms with Crippen LogP contribution in [0, 0.1) is 20.8 Å². The number of aryl methyl sites for hydroxylation is 3. The maximum absolute atomic E-state index is 6.39. The van der Waals surface area contributed by atoms with Crippen LogP contribution in [0.25, 0.3) is 0 Å². The SMILES string of the molecule is Cc1cccc(Oc2cc3c4c(c2)Oc2cc(C)ccc2B4c2ccc(C)cc2O3)c1.c1ccc(Oc2cc3c4c(c2)Oc2ccccc2B4c2ccccc2O3)cc1. The first kappa shape index (κ1) is 34.9. The number of hydrogen-bond donors (Lipinski definition) is 0. The van der Waals surface area contributed by atoms with Crippen LogP contribution in [-0.2, 0) is 0 Å². The van der Waals surface area contributed by atoms with Gasteiger partial charge in [-0.15, -0.1) is 0 Å². The van der Waals surface area contributed by atoms with Crippen LogP contribution in [0.15, 0.2) is 164 Å². The molecule has 0 aromatic heterocycles. The molecule has 4 aliphatic rings. The number of fused-ring (bicyclic) bond motifs is 8. The molecular weight excluding hydrogens is 730 g/mol. The van der Waals surface area contributed by atoms with Gasteiger partial charge in [-0.25, -0.2) is 0 Å². The van der Waals surface area contributed by atoms with E-state index in [1.54, 1.807) is 0 Å². The highest BCUT2D eigenvalue weighted by atomic mass is 16.5. The highest BCUT2D eigenvalue weighted by Gasteiger charge is 2.42. The lowest BCUT2D eigenvalue weighted by Crippen LogP contribution is -2.57. The summed E-state index contributed by atoms with van der Waals surface area (Å²) in [6.45, 7) is 6.39. The highest BCUT2D eigenvalue weighted by Crippen LogP contribution is 2.41. The van der Waals surface area contributed by atoms with Crippen molar-refractivity contribution in [2.24, 2.45) is 0 Å². The van der Waals surface area contributed by atoms with Crippen molar-refractivity contribution >= 4 is 46.2 Å². The van der Waals surface area contributed by atoms with Gasteiger partial charge in [-0.05, 0) is 108 Å². The zero-order valence-corrected chi connectivity index (χ0v) is 32.7. The third-order valence-corrected chi connectivity index (χ3v) is 11.2. The summed E-state index contributed by atoms with van der Waals surface area (Å²) in [5.41, 5.74) is 10.3. The Bertz CT molecular complexity index is 2820.